The molecule has 0 spiro atoms. The SMILES string of the molecule is CC#Cc1cc(N)c(F)c(C2Cc3nc(OC[C@]45CCCN4C/C(=C\F)C5)nc(N4CCCn5nc(C(=O)N(C)C)cc5C4)c3CO2)c1C(F)(F)F. The zero-order valence-electron chi connectivity index (χ0n) is 29.1. The van der Waals surface area contributed by atoms with Crippen LogP contribution >= 0.6 is 0 Å². The smallest absolute Gasteiger partial charge is 0.418 e. The van der Waals surface area contributed by atoms with E-state index in [1.54, 1.807) is 24.8 Å². The van der Waals surface area contributed by atoms with Gasteiger partial charge in [0.25, 0.3) is 5.91 Å². The van der Waals surface area contributed by atoms with Crippen LogP contribution in [-0.4, -0.2) is 81.3 Å². The predicted molar refractivity (Wildman–Crippen MR) is 180 cm³/mol. The van der Waals surface area contributed by atoms with Gasteiger partial charge in [0.15, 0.2) is 11.5 Å². The molecule has 4 aliphatic heterocycles. The van der Waals surface area contributed by atoms with E-state index in [9.17, 15) is 22.4 Å². The van der Waals surface area contributed by atoms with Gasteiger partial charge in [0, 0.05) is 56.8 Å². The van der Waals surface area contributed by atoms with E-state index in [4.69, 9.17) is 25.2 Å². The van der Waals surface area contributed by atoms with Crippen molar-refractivity contribution in [1.82, 2.24) is 29.5 Å². The topological polar surface area (TPSA) is 115 Å². The van der Waals surface area contributed by atoms with Crippen molar-refractivity contribution in [3.05, 3.63) is 69.2 Å². The average molecular weight is 727 g/mol. The summed E-state index contributed by atoms with van der Waals surface area (Å²) >= 11 is 0. The number of amides is 1. The average Bonchev–Trinajstić information content (AvgIpc) is 3.75. The normalized spacial score (nSPS) is 22.3. The Bertz CT molecular complexity index is 2000. The fraction of sp³-hybridized carbons (Fsp3) is 0.500. The van der Waals surface area contributed by atoms with Gasteiger partial charge in [-0.2, -0.15) is 28.2 Å². The zero-order chi connectivity index (χ0) is 36.9. The molecule has 1 amide bonds. The van der Waals surface area contributed by atoms with Crippen LogP contribution in [-0.2, 0) is 37.0 Å². The number of fused-ring (bicyclic) bond motifs is 3. The van der Waals surface area contributed by atoms with E-state index in [1.165, 1.54) is 11.8 Å². The predicted octanol–water partition coefficient (Wildman–Crippen LogP) is 5.18. The van der Waals surface area contributed by atoms with Crippen molar-refractivity contribution in [3.8, 4) is 17.9 Å². The fourth-order valence-corrected chi connectivity index (χ4v) is 7.91. The number of alkyl halides is 3. The van der Waals surface area contributed by atoms with Gasteiger partial charge in [0.05, 0.1) is 53.8 Å². The molecule has 1 aromatic carbocycles. The van der Waals surface area contributed by atoms with Crippen LogP contribution in [0.1, 0.15) is 82.8 Å². The van der Waals surface area contributed by atoms with E-state index in [0.29, 0.717) is 73.7 Å². The van der Waals surface area contributed by atoms with Gasteiger partial charge in [0.2, 0.25) is 0 Å². The zero-order valence-corrected chi connectivity index (χ0v) is 29.1. The minimum Gasteiger partial charge on any atom is -0.461 e. The number of nitrogens with two attached hydrogens (primary N) is 1. The van der Waals surface area contributed by atoms with Crippen molar-refractivity contribution in [2.75, 3.05) is 51.0 Å². The van der Waals surface area contributed by atoms with E-state index in [1.807, 2.05) is 4.90 Å². The maximum atomic E-state index is 15.7. The van der Waals surface area contributed by atoms with Gasteiger partial charge in [-0.1, -0.05) is 5.92 Å². The van der Waals surface area contributed by atoms with Crippen LogP contribution in [0, 0.1) is 17.7 Å². The second-order valence-corrected chi connectivity index (χ2v) is 13.9. The molecule has 2 aromatic heterocycles. The first-order chi connectivity index (χ1) is 24.8. The fourth-order valence-electron chi connectivity index (χ4n) is 7.91. The molecule has 6 heterocycles. The number of ether oxygens (including phenoxy) is 2. The Hall–Kier alpha value is -4.75. The Kier molecular flexibility index (Phi) is 9.37. The second kappa shape index (κ2) is 13.7. The van der Waals surface area contributed by atoms with Crippen LogP contribution in [0.5, 0.6) is 6.01 Å². The summed E-state index contributed by atoms with van der Waals surface area (Å²) < 4.78 is 87.2. The lowest BCUT2D eigenvalue weighted by Crippen LogP contribution is -2.43. The third kappa shape index (κ3) is 6.44. The van der Waals surface area contributed by atoms with Gasteiger partial charge in [-0.25, -0.2) is 8.78 Å². The van der Waals surface area contributed by atoms with Crippen molar-refractivity contribution in [3.63, 3.8) is 0 Å². The van der Waals surface area contributed by atoms with Crippen molar-refractivity contribution >= 4 is 17.4 Å². The van der Waals surface area contributed by atoms with Crippen LogP contribution in [0.15, 0.2) is 24.0 Å². The number of hydrogen-bond donors (Lipinski definition) is 1. The van der Waals surface area contributed by atoms with Gasteiger partial charge in [-0.3, -0.25) is 14.4 Å². The molecule has 0 radical (unpaired) electrons. The van der Waals surface area contributed by atoms with Gasteiger partial charge < -0.3 is 25.0 Å². The van der Waals surface area contributed by atoms with Gasteiger partial charge in [0.1, 0.15) is 12.4 Å². The quantitative estimate of drug-likeness (QED) is 0.209. The van der Waals surface area contributed by atoms with Gasteiger partial charge in [-0.05, 0) is 56.9 Å². The number of benzene rings is 1. The molecule has 276 valence electrons. The number of anilines is 2. The number of carbonyl (C=O) groups excluding carboxylic acids is 1. The van der Waals surface area contributed by atoms with E-state index in [0.717, 1.165) is 31.1 Å². The van der Waals surface area contributed by atoms with E-state index >= 15 is 4.39 Å². The molecule has 11 nitrogen and oxygen atoms in total. The molecule has 0 saturated carbocycles. The van der Waals surface area contributed by atoms with Crippen LogP contribution in [0.4, 0.5) is 33.5 Å². The molecule has 1 unspecified atom stereocenters. The van der Waals surface area contributed by atoms with Crippen molar-refractivity contribution in [2.24, 2.45) is 0 Å². The number of nitrogens with zero attached hydrogens (tertiary/aromatic N) is 7. The number of hydrogen-bond acceptors (Lipinski definition) is 9. The Morgan fingerprint density at radius 2 is 2.00 bits per heavy atom. The maximum absolute atomic E-state index is 15.7. The number of carbonyl (C=O) groups is 1. The minimum absolute atomic E-state index is 0.00355. The summed E-state index contributed by atoms with van der Waals surface area (Å²) in [7, 11) is 3.30. The first-order valence-electron chi connectivity index (χ1n) is 17.1. The van der Waals surface area contributed by atoms with E-state index < -0.39 is 46.0 Å². The van der Waals surface area contributed by atoms with Crippen LogP contribution < -0.4 is 15.4 Å². The molecule has 7 rings (SSSR count). The molecule has 4 aliphatic rings. The molecule has 3 aromatic rings. The molecule has 16 heteroatoms. The number of aromatic nitrogens is 4. The standard InChI is InChI=1S/C36H39F5N8O3/c1-4-7-22-12-25(42)31(38)29(30(22)36(39,40)41)28-14-26-24(19-51-28)32(47-9-6-11-49-23(18-47)13-27(45-49)33(50)46(2)3)44-34(43-26)52-20-35-8-5-10-48(35)17-21(15-35)16-37/h12-13,16,28H,5-6,8-11,14-15,17-20,42H2,1-3H3/b21-16-/t28?,35-/m1/s1. The first kappa shape index (κ1) is 35.6. The number of halogens is 5. The molecule has 0 aliphatic carbocycles. The Balaban J connectivity index is 1.28. The lowest BCUT2D eigenvalue weighted by atomic mass is 9.91. The molecule has 2 saturated heterocycles. The monoisotopic (exact) mass is 726 g/mol. The minimum atomic E-state index is -4.96. The molecule has 2 fully saturated rings. The molecular formula is C36H39F5N8O3. The Labute approximate surface area is 297 Å². The Morgan fingerprint density at radius 3 is 2.73 bits per heavy atom. The number of nitrogen functional groups attached to an aromatic ring is 1. The van der Waals surface area contributed by atoms with Crippen molar-refractivity contribution < 1.29 is 36.2 Å². The van der Waals surface area contributed by atoms with Crippen LogP contribution in [0.3, 0.4) is 0 Å². The highest BCUT2D eigenvalue weighted by Gasteiger charge is 2.47. The van der Waals surface area contributed by atoms with Gasteiger partial charge in [-0.15, -0.1) is 5.92 Å². The first-order valence-corrected chi connectivity index (χ1v) is 17.1. The van der Waals surface area contributed by atoms with E-state index in [-0.39, 0.29) is 31.6 Å². The largest absolute Gasteiger partial charge is 0.461 e. The molecular weight excluding hydrogens is 687 g/mol. The highest BCUT2D eigenvalue weighted by Crippen LogP contribution is 2.45. The van der Waals surface area contributed by atoms with Crippen LogP contribution in [0.2, 0.25) is 0 Å². The van der Waals surface area contributed by atoms with Crippen molar-refractivity contribution in [1.29, 1.82) is 0 Å². The summed E-state index contributed by atoms with van der Waals surface area (Å²) in [5, 5.41) is 4.52. The summed E-state index contributed by atoms with van der Waals surface area (Å²) in [6.07, 6.45) is -3.08. The molecule has 0 bridgehead atoms. The highest BCUT2D eigenvalue weighted by atomic mass is 19.4. The van der Waals surface area contributed by atoms with E-state index in [2.05, 4.69) is 21.8 Å². The Morgan fingerprint density at radius 1 is 1.19 bits per heavy atom. The summed E-state index contributed by atoms with van der Waals surface area (Å²) in [4.78, 5) is 27.9. The van der Waals surface area contributed by atoms with Crippen LogP contribution in [0.25, 0.3) is 0 Å². The molecule has 2 N–H and O–H groups in total. The summed E-state index contributed by atoms with van der Waals surface area (Å²) in [5.74, 6) is 3.87. The molecule has 2 atom stereocenters. The highest BCUT2D eigenvalue weighted by molar-refractivity contribution is 5.92. The number of aryl methyl sites for hydroxylation is 1. The number of rotatable bonds is 6. The van der Waals surface area contributed by atoms with Crippen molar-refractivity contribution in [2.45, 2.75) is 76.5 Å². The van der Waals surface area contributed by atoms with Gasteiger partial charge >= 0.3 is 12.2 Å². The third-order valence-corrected chi connectivity index (χ3v) is 10.3. The molecule has 52 heavy (non-hydrogen) atoms. The third-order valence-electron chi connectivity index (χ3n) is 10.3. The lowest BCUT2D eigenvalue weighted by Gasteiger charge is -2.33. The summed E-state index contributed by atoms with van der Waals surface area (Å²) in [5.41, 5.74) is 5.17. The summed E-state index contributed by atoms with van der Waals surface area (Å²) in [6, 6.07) is 2.62. The maximum Gasteiger partial charge on any atom is 0.418 e. The second-order valence-electron chi connectivity index (χ2n) is 13.9. The lowest BCUT2D eigenvalue weighted by molar-refractivity contribution is -0.140. The summed E-state index contributed by atoms with van der Waals surface area (Å²) in [6.45, 7) is 4.01.